The van der Waals surface area contributed by atoms with Crippen molar-refractivity contribution < 1.29 is 14.3 Å². The van der Waals surface area contributed by atoms with Crippen molar-refractivity contribution >= 4 is 23.3 Å². The second kappa shape index (κ2) is 13.8. The topological polar surface area (TPSA) is 49.9 Å². The molecule has 2 saturated carbocycles. The van der Waals surface area contributed by atoms with Gasteiger partial charge in [-0.1, -0.05) is 87.1 Å². The summed E-state index contributed by atoms with van der Waals surface area (Å²) < 4.78 is 5.73. The highest BCUT2D eigenvalue weighted by molar-refractivity contribution is 5.95. The molecule has 2 fully saturated rings. The Morgan fingerprint density at radius 2 is 1.27 bits per heavy atom. The van der Waals surface area contributed by atoms with Gasteiger partial charge in [0.25, 0.3) is 0 Å². The Balaban J connectivity index is 1.32. The molecule has 5 heteroatoms. The first-order valence-electron chi connectivity index (χ1n) is 15.4. The maximum atomic E-state index is 13.9. The second-order valence-electron chi connectivity index (χ2n) is 12.0. The maximum Gasteiger partial charge on any atom is 0.309 e. The number of hydrogen-bond donors (Lipinski definition) is 0. The third-order valence-electron chi connectivity index (χ3n) is 8.77. The molecule has 3 aromatic carbocycles. The predicted molar refractivity (Wildman–Crippen MR) is 167 cm³/mol. The largest absolute Gasteiger partial charge is 0.461 e. The summed E-state index contributed by atoms with van der Waals surface area (Å²) in [5, 5.41) is 0. The number of amides is 1. The van der Waals surface area contributed by atoms with E-state index in [9.17, 15) is 9.59 Å². The van der Waals surface area contributed by atoms with Gasteiger partial charge >= 0.3 is 5.97 Å². The Kier molecular flexibility index (Phi) is 9.76. The van der Waals surface area contributed by atoms with Crippen molar-refractivity contribution in [2.75, 3.05) is 23.9 Å². The van der Waals surface area contributed by atoms with Crippen LogP contribution in [-0.4, -0.2) is 26.0 Å². The van der Waals surface area contributed by atoms with Crippen LogP contribution in [0.3, 0.4) is 0 Å². The standard InChI is InChI=1S/C36H44N2O3/c1-37(2)33-22-20-30(21-23-33)29-18-16-27(17-19-29)25-38(35(39)31-11-5-3-6-12-31)34-15-9-10-28(24-34)26-41-36(40)32-13-7-4-8-14-32/h9-10,15-24,31-32H,3-8,11-14,25-26H2,1-2H3. The van der Waals surface area contributed by atoms with Crippen molar-refractivity contribution in [1.29, 1.82) is 0 Å². The smallest absolute Gasteiger partial charge is 0.309 e. The van der Waals surface area contributed by atoms with Crippen LogP contribution in [0.2, 0.25) is 0 Å². The van der Waals surface area contributed by atoms with E-state index >= 15 is 0 Å². The summed E-state index contributed by atoms with van der Waals surface area (Å²) in [6.45, 7) is 0.760. The summed E-state index contributed by atoms with van der Waals surface area (Å²) in [6.07, 6.45) is 10.6. The minimum atomic E-state index is -0.0818. The van der Waals surface area contributed by atoms with E-state index in [1.165, 1.54) is 24.1 Å². The molecule has 2 aliphatic carbocycles. The van der Waals surface area contributed by atoms with Crippen molar-refractivity contribution in [3.05, 3.63) is 83.9 Å². The lowest BCUT2D eigenvalue weighted by atomic mass is 9.88. The molecule has 5 nitrogen and oxygen atoms in total. The monoisotopic (exact) mass is 552 g/mol. The van der Waals surface area contributed by atoms with E-state index < -0.39 is 0 Å². The number of rotatable bonds is 9. The van der Waals surface area contributed by atoms with E-state index in [1.54, 1.807) is 0 Å². The zero-order valence-electron chi connectivity index (χ0n) is 24.7. The van der Waals surface area contributed by atoms with Crippen LogP contribution < -0.4 is 9.80 Å². The molecule has 41 heavy (non-hydrogen) atoms. The number of esters is 1. The van der Waals surface area contributed by atoms with Gasteiger partial charge in [0.15, 0.2) is 0 Å². The van der Waals surface area contributed by atoms with Crippen molar-refractivity contribution in [3.63, 3.8) is 0 Å². The number of carbonyl (C=O) groups excluding carboxylic acids is 2. The first-order valence-corrected chi connectivity index (χ1v) is 15.4. The van der Waals surface area contributed by atoms with Crippen LogP contribution in [0.25, 0.3) is 11.1 Å². The number of anilines is 2. The molecule has 5 rings (SSSR count). The molecule has 0 radical (unpaired) electrons. The van der Waals surface area contributed by atoms with Gasteiger partial charge in [-0.2, -0.15) is 0 Å². The van der Waals surface area contributed by atoms with E-state index in [2.05, 4.69) is 53.4 Å². The van der Waals surface area contributed by atoms with Crippen LogP contribution in [0.4, 0.5) is 11.4 Å². The lowest BCUT2D eigenvalue weighted by Crippen LogP contribution is -2.36. The highest BCUT2D eigenvalue weighted by Gasteiger charge is 2.28. The van der Waals surface area contributed by atoms with Gasteiger partial charge in [0.2, 0.25) is 5.91 Å². The van der Waals surface area contributed by atoms with Crippen LogP contribution in [0, 0.1) is 11.8 Å². The van der Waals surface area contributed by atoms with E-state index in [0.29, 0.717) is 6.54 Å². The predicted octanol–water partition coefficient (Wildman–Crippen LogP) is 8.16. The lowest BCUT2D eigenvalue weighted by molar-refractivity contribution is -0.151. The van der Waals surface area contributed by atoms with Gasteiger partial charge in [-0.15, -0.1) is 0 Å². The molecule has 0 spiro atoms. The summed E-state index contributed by atoms with van der Waals surface area (Å²) >= 11 is 0. The highest BCUT2D eigenvalue weighted by atomic mass is 16.5. The van der Waals surface area contributed by atoms with Gasteiger partial charge < -0.3 is 14.5 Å². The van der Waals surface area contributed by atoms with Crippen molar-refractivity contribution in [2.45, 2.75) is 77.4 Å². The van der Waals surface area contributed by atoms with Crippen LogP contribution in [0.5, 0.6) is 0 Å². The van der Waals surface area contributed by atoms with Crippen LogP contribution >= 0.6 is 0 Å². The fourth-order valence-electron chi connectivity index (χ4n) is 6.23. The zero-order valence-corrected chi connectivity index (χ0v) is 24.7. The molecule has 1 amide bonds. The van der Waals surface area contributed by atoms with Crippen LogP contribution in [-0.2, 0) is 27.5 Å². The van der Waals surface area contributed by atoms with Gasteiger partial charge in [0.05, 0.1) is 12.5 Å². The molecular formula is C36H44N2O3. The van der Waals surface area contributed by atoms with Gasteiger partial charge in [-0.3, -0.25) is 9.59 Å². The third-order valence-corrected chi connectivity index (χ3v) is 8.77. The third kappa shape index (κ3) is 7.58. The quantitative estimate of drug-likeness (QED) is 0.251. The summed E-state index contributed by atoms with van der Waals surface area (Å²) in [4.78, 5) is 30.6. The number of nitrogens with zero attached hydrogens (tertiary/aromatic N) is 2. The lowest BCUT2D eigenvalue weighted by Gasteiger charge is -2.30. The minimum Gasteiger partial charge on any atom is -0.461 e. The molecular weight excluding hydrogens is 508 g/mol. The Bertz CT molecular complexity index is 1290. The molecule has 0 saturated heterocycles. The normalized spacial score (nSPS) is 16.2. The number of ether oxygens (including phenoxy) is 1. The molecule has 0 N–H and O–H groups in total. The first kappa shape index (κ1) is 28.9. The Morgan fingerprint density at radius 3 is 1.88 bits per heavy atom. The van der Waals surface area contributed by atoms with Crippen molar-refractivity contribution in [1.82, 2.24) is 0 Å². The maximum absolute atomic E-state index is 13.9. The average molecular weight is 553 g/mol. The number of carbonyl (C=O) groups is 2. The molecule has 0 heterocycles. The molecule has 0 aliphatic heterocycles. The highest BCUT2D eigenvalue weighted by Crippen LogP contribution is 2.31. The minimum absolute atomic E-state index is 0.0326. The summed E-state index contributed by atoms with van der Waals surface area (Å²) in [7, 11) is 4.09. The van der Waals surface area contributed by atoms with Gasteiger partial charge in [-0.05, 0) is 72.2 Å². The first-order chi connectivity index (χ1) is 20.0. The Hall–Kier alpha value is -3.60. The fraction of sp³-hybridized carbons (Fsp3) is 0.444. The fourth-order valence-corrected chi connectivity index (χ4v) is 6.23. The van der Waals surface area contributed by atoms with Gasteiger partial charge in [0, 0.05) is 31.4 Å². The molecule has 0 bridgehead atoms. The van der Waals surface area contributed by atoms with E-state index in [1.807, 2.05) is 43.3 Å². The number of hydrogen-bond acceptors (Lipinski definition) is 4. The van der Waals surface area contributed by atoms with Crippen LogP contribution in [0.15, 0.2) is 72.8 Å². The van der Waals surface area contributed by atoms with Gasteiger partial charge in [-0.25, -0.2) is 0 Å². The Morgan fingerprint density at radius 1 is 0.683 bits per heavy atom. The molecule has 216 valence electrons. The van der Waals surface area contributed by atoms with Crippen LogP contribution in [0.1, 0.15) is 75.3 Å². The zero-order chi connectivity index (χ0) is 28.6. The molecule has 3 aromatic rings. The molecule has 0 aromatic heterocycles. The number of benzene rings is 3. The molecule has 0 unspecified atom stereocenters. The van der Waals surface area contributed by atoms with Crippen molar-refractivity contribution in [2.24, 2.45) is 11.8 Å². The Labute approximate surface area is 245 Å². The summed E-state index contributed by atoms with van der Waals surface area (Å²) in [5.74, 6) is 0.210. The summed E-state index contributed by atoms with van der Waals surface area (Å²) in [5.41, 5.74) is 6.39. The summed E-state index contributed by atoms with van der Waals surface area (Å²) in [6, 6.07) is 25.1. The van der Waals surface area contributed by atoms with E-state index in [-0.39, 0.29) is 30.3 Å². The van der Waals surface area contributed by atoms with Crippen molar-refractivity contribution in [3.8, 4) is 11.1 Å². The van der Waals surface area contributed by atoms with E-state index in [4.69, 9.17) is 4.74 Å². The van der Waals surface area contributed by atoms with E-state index in [0.717, 1.165) is 73.7 Å². The SMILES string of the molecule is CN(C)c1ccc(-c2ccc(CN(C(=O)C3CCCCC3)c3cccc(COC(=O)C4CCCCC4)c3)cc2)cc1. The molecule has 2 aliphatic rings. The van der Waals surface area contributed by atoms with Gasteiger partial charge in [0.1, 0.15) is 6.61 Å². The second-order valence-corrected chi connectivity index (χ2v) is 12.0. The average Bonchev–Trinajstić information content (AvgIpc) is 3.03. The molecule has 0 atom stereocenters.